The van der Waals surface area contributed by atoms with Crippen LogP contribution in [-0.4, -0.2) is 25.9 Å². The summed E-state index contributed by atoms with van der Waals surface area (Å²) in [4.78, 5) is 1.11. The van der Waals surface area contributed by atoms with Crippen LogP contribution in [0.4, 0.5) is 5.69 Å². The van der Waals surface area contributed by atoms with Crippen molar-refractivity contribution in [1.82, 2.24) is 0 Å². The molecule has 7 rings (SSSR count). The predicted octanol–water partition coefficient (Wildman–Crippen LogP) is 4.35. The van der Waals surface area contributed by atoms with Crippen molar-refractivity contribution in [3.05, 3.63) is 118 Å². The number of thiazole rings is 1. The monoisotopic (exact) mass is 728 g/mol. The first kappa shape index (κ1) is 34.5. The molecule has 1 aliphatic rings. The molecule has 0 saturated carbocycles. The van der Waals surface area contributed by atoms with E-state index in [2.05, 4.69) is 18.0 Å². The summed E-state index contributed by atoms with van der Waals surface area (Å²) < 4.78 is 88.0. The fourth-order valence-corrected chi connectivity index (χ4v) is 8.23. The summed E-state index contributed by atoms with van der Waals surface area (Å²) in [6.45, 7) is 5.25. The minimum absolute atomic E-state index is 0. The number of nitrogens with zero attached hydrogens (tertiary/aromatic N) is 2. The molecular formula is C34H29KN2O8S3. The van der Waals surface area contributed by atoms with Gasteiger partial charge in [-0.05, 0) is 47.9 Å². The molecule has 1 aliphatic heterocycles. The third kappa shape index (κ3) is 6.39. The maximum Gasteiger partial charge on any atom is 1.00 e. The van der Waals surface area contributed by atoms with E-state index in [0.717, 1.165) is 31.1 Å². The van der Waals surface area contributed by atoms with Crippen LogP contribution >= 0.6 is 11.3 Å². The Hall–Kier alpha value is -3.33. The molecule has 0 bridgehead atoms. The molecule has 0 radical (unpaired) electrons. The normalized spacial score (nSPS) is 14.3. The van der Waals surface area contributed by atoms with Gasteiger partial charge >= 0.3 is 51.4 Å². The Morgan fingerprint density at radius 3 is 2.44 bits per heavy atom. The Labute approximate surface area is 326 Å². The SMILES string of the molecule is C=C=C=C(N1C(=CC(=Cc2sc3c4ccccc4ccc3[n+]2CS(=O)(=O)[O-])CC)Oc2cc3c(cc21)oc1ccccc13)S(=O)(=O)[O-].[HH].[HH].[HH].[K+]. The number of benzene rings is 4. The van der Waals surface area contributed by atoms with Crippen LogP contribution in [0.25, 0.3) is 49.0 Å². The van der Waals surface area contributed by atoms with Crippen molar-refractivity contribution in [3.8, 4) is 5.75 Å². The largest absolute Gasteiger partial charge is 1.00 e. The van der Waals surface area contributed by atoms with Gasteiger partial charge in [-0.1, -0.05) is 66.5 Å². The van der Waals surface area contributed by atoms with E-state index in [0.29, 0.717) is 33.7 Å². The zero-order valence-corrected chi connectivity index (χ0v) is 31.2. The van der Waals surface area contributed by atoms with E-state index < -0.39 is 31.1 Å². The molecule has 0 fully saturated rings. The summed E-state index contributed by atoms with van der Waals surface area (Å²) in [5, 5.41) is 3.07. The summed E-state index contributed by atoms with van der Waals surface area (Å²) in [6.07, 6.45) is 3.64. The molecule has 0 amide bonds. The van der Waals surface area contributed by atoms with E-state index in [1.807, 2.05) is 55.5 Å². The molecular weight excluding hydrogens is 700 g/mol. The average Bonchev–Trinajstić information content (AvgIpc) is 3.67. The Morgan fingerprint density at radius 1 is 1.00 bits per heavy atom. The van der Waals surface area contributed by atoms with Crippen molar-refractivity contribution in [3.63, 3.8) is 0 Å². The molecule has 6 aromatic rings. The van der Waals surface area contributed by atoms with Crippen molar-refractivity contribution in [2.45, 2.75) is 19.2 Å². The molecule has 242 valence electrons. The van der Waals surface area contributed by atoms with Gasteiger partial charge in [-0.2, -0.15) is 4.57 Å². The maximum atomic E-state index is 12.5. The molecule has 3 heterocycles. The fraction of sp³-hybridized carbons (Fsp3) is 0.0882. The van der Waals surface area contributed by atoms with Gasteiger partial charge in [0.05, 0.1) is 5.69 Å². The molecule has 14 heteroatoms. The van der Waals surface area contributed by atoms with Crippen LogP contribution in [0.2, 0.25) is 0 Å². The van der Waals surface area contributed by atoms with Crippen molar-refractivity contribution >= 4 is 86.3 Å². The average molecular weight is 729 g/mol. The van der Waals surface area contributed by atoms with E-state index in [1.165, 1.54) is 15.9 Å². The van der Waals surface area contributed by atoms with Crippen LogP contribution in [0.15, 0.2) is 118 Å². The van der Waals surface area contributed by atoms with Gasteiger partial charge in [0, 0.05) is 44.7 Å². The van der Waals surface area contributed by atoms with Gasteiger partial charge in [0.1, 0.15) is 26.0 Å². The number of hydrogen-bond acceptors (Lipinski definition) is 10. The first-order valence-electron chi connectivity index (χ1n) is 14.2. The molecule has 4 aromatic carbocycles. The van der Waals surface area contributed by atoms with Crippen molar-refractivity contribution in [2.75, 3.05) is 4.90 Å². The number of rotatable bonds is 7. The van der Waals surface area contributed by atoms with Crippen LogP contribution in [0.3, 0.4) is 0 Å². The molecule has 0 aliphatic carbocycles. The molecule has 0 saturated heterocycles. The number of fused-ring (bicyclic) bond motifs is 7. The summed E-state index contributed by atoms with van der Waals surface area (Å²) in [5.74, 6) is -0.563. The molecule has 0 spiro atoms. The molecule has 10 nitrogen and oxygen atoms in total. The third-order valence-corrected chi connectivity index (χ3v) is 10.2. The number of hydrogen-bond donors (Lipinski definition) is 0. The van der Waals surface area contributed by atoms with Crippen LogP contribution in [-0.2, 0) is 26.1 Å². The van der Waals surface area contributed by atoms with Gasteiger partial charge in [0.2, 0.25) is 17.3 Å². The van der Waals surface area contributed by atoms with Gasteiger partial charge in [-0.25, -0.2) is 16.8 Å². The van der Waals surface area contributed by atoms with E-state index in [1.54, 1.807) is 36.4 Å². The Kier molecular flexibility index (Phi) is 9.48. The number of para-hydroxylation sites is 1. The van der Waals surface area contributed by atoms with Crippen LogP contribution in [0.5, 0.6) is 5.75 Å². The van der Waals surface area contributed by atoms with Gasteiger partial charge in [-0.3, -0.25) is 4.90 Å². The summed E-state index contributed by atoms with van der Waals surface area (Å²) in [6, 6.07) is 21.9. The zero-order chi connectivity index (χ0) is 33.1. The summed E-state index contributed by atoms with van der Waals surface area (Å²) in [7, 11) is -9.81. The zero-order valence-electron chi connectivity index (χ0n) is 25.6. The second kappa shape index (κ2) is 13.2. The van der Waals surface area contributed by atoms with Crippen molar-refractivity contribution in [1.29, 1.82) is 0 Å². The second-order valence-electron chi connectivity index (χ2n) is 10.7. The first-order valence-corrected chi connectivity index (χ1v) is 18.0. The molecule has 48 heavy (non-hydrogen) atoms. The van der Waals surface area contributed by atoms with Crippen molar-refractivity contribution < 1.29 is 95.3 Å². The number of allylic oxidation sites excluding steroid dienone is 2. The Bertz CT molecular complexity index is 2700. The first-order chi connectivity index (χ1) is 22.4. The molecule has 2 aromatic heterocycles. The molecule has 0 unspecified atom stereocenters. The summed E-state index contributed by atoms with van der Waals surface area (Å²) >= 11 is 1.31. The Balaban J connectivity index is 0.00000176. The van der Waals surface area contributed by atoms with Gasteiger partial charge in [0.25, 0.3) is 5.01 Å². The number of anilines is 1. The number of aromatic nitrogens is 1. The van der Waals surface area contributed by atoms with Crippen LogP contribution in [0, 0.1) is 0 Å². The minimum atomic E-state index is -5.13. The van der Waals surface area contributed by atoms with Crippen LogP contribution < -0.4 is 65.6 Å². The maximum absolute atomic E-state index is 12.5. The smallest absolute Gasteiger partial charge is 0.743 e. The quantitative estimate of drug-likeness (QED) is 0.102. The predicted molar refractivity (Wildman–Crippen MR) is 185 cm³/mol. The van der Waals surface area contributed by atoms with Gasteiger partial charge in [-0.15, -0.1) is 0 Å². The fourth-order valence-electron chi connectivity index (χ4n) is 5.67. The van der Waals surface area contributed by atoms with Crippen molar-refractivity contribution in [2.24, 2.45) is 0 Å². The Morgan fingerprint density at radius 2 is 1.73 bits per heavy atom. The van der Waals surface area contributed by atoms with E-state index in [-0.39, 0.29) is 73.0 Å². The van der Waals surface area contributed by atoms with Gasteiger partial charge < -0.3 is 18.3 Å². The standard InChI is InChI=1S/C34H24N2O8S3.K.3H2/c1-3-9-33(47(40,41)42)36-27-19-29-25(24-12-7-8-13-28(24)43-29)18-30(27)44-31(36)16-21(4-2)17-32-35(20-46(37,38)39)26-15-14-22-10-5-6-11-23(22)34(26)45-32;;;;/h5-8,10-19H,1,4,20H2,2H3,(H-,37,38,39,40,41,42);;3*1H/q;+1;;;/p-1. The number of furan rings is 1. The molecule has 0 N–H and O–H groups in total. The second-order valence-corrected chi connectivity index (χ2v) is 14.4. The topological polar surface area (TPSA) is 144 Å². The van der Waals surface area contributed by atoms with Crippen LogP contribution in [0.1, 0.15) is 22.6 Å². The number of ether oxygens (including phenoxy) is 1. The minimum Gasteiger partial charge on any atom is -0.743 e. The van der Waals surface area contributed by atoms with E-state index in [4.69, 9.17) is 9.15 Å². The van der Waals surface area contributed by atoms with Gasteiger partial charge in [0.15, 0.2) is 20.9 Å². The molecule has 0 atom stereocenters. The third-order valence-electron chi connectivity index (χ3n) is 7.70. The summed E-state index contributed by atoms with van der Waals surface area (Å²) in [5.41, 5.74) is 7.01. The van der Waals surface area contributed by atoms with E-state index in [9.17, 15) is 25.9 Å². The van der Waals surface area contributed by atoms with E-state index >= 15 is 0 Å².